The van der Waals surface area contributed by atoms with Crippen LogP contribution in [0.15, 0.2) is 24.3 Å². The van der Waals surface area contributed by atoms with Crippen molar-refractivity contribution in [1.29, 1.82) is 0 Å². The Kier molecular flexibility index (Phi) is 4.44. The van der Waals surface area contributed by atoms with E-state index in [0.29, 0.717) is 5.92 Å². The Morgan fingerprint density at radius 2 is 1.94 bits per heavy atom. The smallest absolute Gasteiger partial charge is 0.110 e. The summed E-state index contributed by atoms with van der Waals surface area (Å²) >= 11 is 1.48. The molecule has 18 heavy (non-hydrogen) atoms. The van der Waals surface area contributed by atoms with E-state index in [1.807, 2.05) is 0 Å². The molecule has 1 aromatic carbocycles. The van der Waals surface area contributed by atoms with Gasteiger partial charge in [-0.05, 0) is 30.9 Å². The molecule has 0 fully saturated rings. The van der Waals surface area contributed by atoms with Crippen LogP contribution in [0.5, 0.6) is 0 Å². The minimum Gasteiger partial charge on any atom is -0.311 e. The van der Waals surface area contributed by atoms with Crippen molar-refractivity contribution in [2.45, 2.75) is 27.3 Å². The Bertz CT molecular complexity index is 488. The zero-order valence-electron chi connectivity index (χ0n) is 11.1. The second kappa shape index (κ2) is 6.07. The van der Waals surface area contributed by atoms with Gasteiger partial charge in [0.1, 0.15) is 5.69 Å². The summed E-state index contributed by atoms with van der Waals surface area (Å²) in [4.78, 5) is 1.21. The summed E-state index contributed by atoms with van der Waals surface area (Å²) in [5, 5.41) is 7.68. The van der Waals surface area contributed by atoms with Crippen LogP contribution in [0.25, 0.3) is 11.3 Å². The molecule has 0 unspecified atom stereocenters. The molecule has 1 aromatic heterocycles. The third-order valence-electron chi connectivity index (χ3n) is 2.72. The number of aryl methyl sites for hydroxylation is 1. The summed E-state index contributed by atoms with van der Waals surface area (Å²) in [7, 11) is 0. The zero-order chi connectivity index (χ0) is 13.0. The van der Waals surface area contributed by atoms with Crippen molar-refractivity contribution in [3.8, 4) is 11.3 Å². The number of aromatic nitrogens is 2. The van der Waals surface area contributed by atoms with Crippen LogP contribution >= 0.6 is 11.5 Å². The molecule has 1 N–H and O–H groups in total. The lowest BCUT2D eigenvalue weighted by Crippen LogP contribution is -2.18. The molecule has 0 aliphatic heterocycles. The van der Waals surface area contributed by atoms with Gasteiger partial charge in [0, 0.05) is 12.1 Å². The Morgan fingerprint density at radius 3 is 2.61 bits per heavy atom. The Hall–Kier alpha value is -1.26. The van der Waals surface area contributed by atoms with Crippen LogP contribution in [0.3, 0.4) is 0 Å². The van der Waals surface area contributed by atoms with Crippen LogP contribution in [-0.2, 0) is 6.54 Å². The average Bonchev–Trinajstić information content (AvgIpc) is 2.78. The molecule has 0 amide bonds. The van der Waals surface area contributed by atoms with Gasteiger partial charge in [0.15, 0.2) is 0 Å². The van der Waals surface area contributed by atoms with E-state index in [9.17, 15) is 0 Å². The quantitative estimate of drug-likeness (QED) is 0.897. The summed E-state index contributed by atoms with van der Waals surface area (Å²) < 4.78 is 4.07. The van der Waals surface area contributed by atoms with Crippen molar-refractivity contribution in [3.63, 3.8) is 0 Å². The second-order valence-electron chi connectivity index (χ2n) is 4.94. The van der Waals surface area contributed by atoms with Gasteiger partial charge in [-0.1, -0.05) is 48.2 Å². The van der Waals surface area contributed by atoms with Gasteiger partial charge in [0.05, 0.1) is 4.88 Å². The van der Waals surface area contributed by atoms with Gasteiger partial charge in [0.25, 0.3) is 0 Å². The van der Waals surface area contributed by atoms with Crippen LogP contribution in [0.2, 0.25) is 0 Å². The van der Waals surface area contributed by atoms with Gasteiger partial charge < -0.3 is 5.32 Å². The normalized spacial score (nSPS) is 11.1. The van der Waals surface area contributed by atoms with E-state index >= 15 is 0 Å². The molecule has 4 heteroatoms. The highest BCUT2D eigenvalue weighted by atomic mass is 32.1. The number of nitrogens with zero attached hydrogens (tertiary/aromatic N) is 2. The molecular formula is C14H19N3S. The monoisotopic (exact) mass is 261 g/mol. The molecule has 0 radical (unpaired) electrons. The zero-order valence-corrected chi connectivity index (χ0v) is 11.9. The second-order valence-corrected chi connectivity index (χ2v) is 5.77. The predicted molar refractivity (Wildman–Crippen MR) is 76.6 cm³/mol. The number of nitrogens with one attached hydrogen (secondary N) is 1. The van der Waals surface area contributed by atoms with Crippen LogP contribution in [0.4, 0.5) is 0 Å². The minimum absolute atomic E-state index is 0.661. The molecule has 0 aliphatic carbocycles. The van der Waals surface area contributed by atoms with Gasteiger partial charge in [-0.3, -0.25) is 0 Å². The van der Waals surface area contributed by atoms with Crippen LogP contribution < -0.4 is 5.32 Å². The molecule has 0 atom stereocenters. The molecule has 0 bridgehead atoms. The Balaban J connectivity index is 2.10. The molecule has 0 saturated carbocycles. The topological polar surface area (TPSA) is 37.8 Å². The summed E-state index contributed by atoms with van der Waals surface area (Å²) in [6, 6.07) is 8.44. The van der Waals surface area contributed by atoms with E-state index in [4.69, 9.17) is 0 Å². The number of hydrogen-bond donors (Lipinski definition) is 1. The highest BCUT2D eigenvalue weighted by Gasteiger charge is 2.09. The fourth-order valence-corrected chi connectivity index (χ4v) is 2.36. The maximum Gasteiger partial charge on any atom is 0.110 e. The van der Waals surface area contributed by atoms with Gasteiger partial charge >= 0.3 is 0 Å². The molecule has 2 aromatic rings. The lowest BCUT2D eigenvalue weighted by Gasteiger charge is -2.06. The molecular weight excluding hydrogens is 242 g/mol. The molecule has 0 aliphatic rings. The highest BCUT2D eigenvalue weighted by Crippen LogP contribution is 2.23. The molecule has 2 rings (SSSR count). The van der Waals surface area contributed by atoms with E-state index in [2.05, 4.69) is 59.9 Å². The van der Waals surface area contributed by atoms with Gasteiger partial charge in [-0.15, -0.1) is 5.10 Å². The molecule has 1 heterocycles. The predicted octanol–water partition coefficient (Wildman–Crippen LogP) is 3.26. The Labute approximate surface area is 112 Å². The first kappa shape index (κ1) is 13.2. The first-order valence-corrected chi connectivity index (χ1v) is 7.03. The molecule has 0 spiro atoms. The maximum atomic E-state index is 4.24. The van der Waals surface area contributed by atoms with Crippen molar-refractivity contribution >= 4 is 11.5 Å². The lowest BCUT2D eigenvalue weighted by molar-refractivity contribution is 0.555. The van der Waals surface area contributed by atoms with E-state index in [0.717, 1.165) is 24.3 Å². The van der Waals surface area contributed by atoms with E-state index in [1.54, 1.807) is 0 Å². The fourth-order valence-electron chi connectivity index (χ4n) is 1.73. The lowest BCUT2D eigenvalue weighted by atomic mass is 10.1. The number of benzene rings is 1. The van der Waals surface area contributed by atoms with Gasteiger partial charge in [-0.25, -0.2) is 0 Å². The Morgan fingerprint density at radius 1 is 1.22 bits per heavy atom. The largest absolute Gasteiger partial charge is 0.311 e. The number of hydrogen-bond acceptors (Lipinski definition) is 4. The van der Waals surface area contributed by atoms with E-state index < -0.39 is 0 Å². The third kappa shape index (κ3) is 3.37. The van der Waals surface area contributed by atoms with E-state index in [-0.39, 0.29) is 0 Å². The number of rotatable bonds is 5. The minimum atomic E-state index is 0.661. The van der Waals surface area contributed by atoms with Crippen molar-refractivity contribution < 1.29 is 0 Å². The summed E-state index contributed by atoms with van der Waals surface area (Å²) in [5.74, 6) is 0.661. The highest BCUT2D eigenvalue weighted by molar-refractivity contribution is 7.05. The van der Waals surface area contributed by atoms with Crippen LogP contribution in [-0.4, -0.2) is 16.1 Å². The molecule has 3 nitrogen and oxygen atoms in total. The fraction of sp³-hybridized carbons (Fsp3) is 0.429. The SMILES string of the molecule is Cc1ccc(-c2nnsc2CNCC(C)C)cc1. The van der Waals surface area contributed by atoms with Crippen molar-refractivity contribution in [3.05, 3.63) is 34.7 Å². The van der Waals surface area contributed by atoms with Crippen LogP contribution in [0, 0.1) is 12.8 Å². The summed E-state index contributed by atoms with van der Waals surface area (Å²) in [6.07, 6.45) is 0. The summed E-state index contributed by atoms with van der Waals surface area (Å²) in [5.41, 5.74) is 3.42. The van der Waals surface area contributed by atoms with Crippen molar-refractivity contribution in [2.75, 3.05) is 6.54 Å². The third-order valence-corrected chi connectivity index (χ3v) is 3.44. The molecule has 96 valence electrons. The first-order chi connectivity index (χ1) is 8.66. The van der Waals surface area contributed by atoms with E-state index in [1.165, 1.54) is 22.0 Å². The van der Waals surface area contributed by atoms with Crippen molar-refractivity contribution in [2.24, 2.45) is 5.92 Å². The first-order valence-electron chi connectivity index (χ1n) is 6.26. The standard InChI is InChI=1S/C14H19N3S/c1-10(2)8-15-9-13-14(16-17-18-13)12-6-4-11(3)5-7-12/h4-7,10,15H,8-9H2,1-3H3. The summed E-state index contributed by atoms with van der Waals surface area (Å²) in [6.45, 7) is 8.37. The van der Waals surface area contributed by atoms with Crippen molar-refractivity contribution in [1.82, 2.24) is 14.9 Å². The maximum absolute atomic E-state index is 4.24. The average molecular weight is 261 g/mol. The van der Waals surface area contributed by atoms with Gasteiger partial charge in [-0.2, -0.15) is 0 Å². The van der Waals surface area contributed by atoms with Crippen LogP contribution in [0.1, 0.15) is 24.3 Å². The molecule has 0 saturated heterocycles. The van der Waals surface area contributed by atoms with Gasteiger partial charge in [0.2, 0.25) is 0 Å².